The monoisotopic (exact) mass is 158 g/mol. The molecule has 1 atom stereocenters. The first-order chi connectivity index (χ1) is 5.15. The fourth-order valence-corrected chi connectivity index (χ4v) is 0.976. The van der Waals surface area contributed by atoms with Gasteiger partial charge in [0.15, 0.2) is 0 Å². The molecule has 1 heterocycles. The zero-order valence-corrected chi connectivity index (χ0v) is 6.74. The molecule has 0 saturated carbocycles. The van der Waals surface area contributed by atoms with Crippen LogP contribution in [0.1, 0.15) is 6.92 Å². The summed E-state index contributed by atoms with van der Waals surface area (Å²) in [5.74, 6) is -0.0837. The van der Waals surface area contributed by atoms with E-state index in [1.165, 1.54) is 12.0 Å². The molecule has 1 rings (SSSR count). The third-order valence-corrected chi connectivity index (χ3v) is 1.86. The number of likely N-dealkylation sites (tertiary alicyclic amines) is 1. The fraction of sp³-hybridized carbons (Fsp3) is 0.857. The normalized spacial score (nSPS) is 21.2. The topological polar surface area (TPSA) is 49.4 Å². The Morgan fingerprint density at radius 3 is 2.55 bits per heavy atom. The molecule has 4 heteroatoms. The van der Waals surface area contributed by atoms with E-state index in [9.17, 15) is 9.90 Å². The van der Waals surface area contributed by atoms with Crippen molar-refractivity contribution in [2.45, 2.75) is 19.1 Å². The molecular weight excluding hydrogens is 146 g/mol. The standard InChI is InChI=1S/C7H12NO3/c1-5(11-2)7(10)8-3-6(9)4-8/h5-6H,3-4H2,1-2H3. The highest BCUT2D eigenvalue weighted by Crippen LogP contribution is 2.10. The molecule has 0 aromatic heterocycles. The zero-order chi connectivity index (χ0) is 8.43. The van der Waals surface area contributed by atoms with Gasteiger partial charge < -0.3 is 9.64 Å². The Labute approximate surface area is 65.8 Å². The van der Waals surface area contributed by atoms with Crippen molar-refractivity contribution in [2.24, 2.45) is 0 Å². The molecule has 11 heavy (non-hydrogen) atoms. The van der Waals surface area contributed by atoms with Crippen LogP contribution in [0.2, 0.25) is 0 Å². The molecule has 0 aromatic carbocycles. The number of hydrogen-bond donors (Lipinski definition) is 0. The number of methoxy groups -OCH3 is 1. The van der Waals surface area contributed by atoms with Crippen LogP contribution in [-0.2, 0) is 14.6 Å². The number of hydrogen-bond acceptors (Lipinski definition) is 2. The lowest BCUT2D eigenvalue weighted by Crippen LogP contribution is -2.55. The summed E-state index contributed by atoms with van der Waals surface area (Å²) in [6.45, 7) is 2.36. The van der Waals surface area contributed by atoms with E-state index in [-0.39, 0.29) is 5.91 Å². The van der Waals surface area contributed by atoms with Gasteiger partial charge >= 0.3 is 0 Å². The average molecular weight is 158 g/mol. The van der Waals surface area contributed by atoms with Crippen molar-refractivity contribution in [3.05, 3.63) is 0 Å². The summed E-state index contributed by atoms with van der Waals surface area (Å²) >= 11 is 0. The Morgan fingerprint density at radius 2 is 2.18 bits per heavy atom. The molecule has 1 saturated heterocycles. The minimum absolute atomic E-state index is 0.0837. The van der Waals surface area contributed by atoms with E-state index in [4.69, 9.17) is 4.74 Å². The fourth-order valence-electron chi connectivity index (χ4n) is 0.976. The van der Waals surface area contributed by atoms with Crippen LogP contribution in [0.5, 0.6) is 0 Å². The molecule has 0 aromatic rings. The minimum atomic E-state index is -0.581. The van der Waals surface area contributed by atoms with Crippen molar-refractivity contribution < 1.29 is 14.6 Å². The Hall–Kier alpha value is -0.610. The van der Waals surface area contributed by atoms with Crippen molar-refractivity contribution in [2.75, 3.05) is 20.2 Å². The van der Waals surface area contributed by atoms with Gasteiger partial charge in [-0.3, -0.25) is 4.79 Å². The van der Waals surface area contributed by atoms with Crippen LogP contribution in [0.3, 0.4) is 0 Å². The molecule has 0 aliphatic carbocycles. The quantitative estimate of drug-likeness (QED) is 0.552. The lowest BCUT2D eigenvalue weighted by atomic mass is 10.1. The van der Waals surface area contributed by atoms with Crippen molar-refractivity contribution in [1.82, 2.24) is 4.90 Å². The van der Waals surface area contributed by atoms with Crippen LogP contribution in [0, 0.1) is 0 Å². The average Bonchev–Trinajstić information content (AvgIpc) is 1.96. The van der Waals surface area contributed by atoms with Gasteiger partial charge in [-0.15, -0.1) is 0 Å². The van der Waals surface area contributed by atoms with Gasteiger partial charge in [-0.05, 0) is 6.92 Å². The van der Waals surface area contributed by atoms with Crippen LogP contribution in [-0.4, -0.2) is 43.2 Å². The highest BCUT2D eigenvalue weighted by atomic mass is 16.5. The van der Waals surface area contributed by atoms with Crippen molar-refractivity contribution in [3.63, 3.8) is 0 Å². The van der Waals surface area contributed by atoms with Gasteiger partial charge in [0.2, 0.25) is 0 Å². The summed E-state index contributed by atoms with van der Waals surface area (Å²) in [6, 6.07) is 0. The molecule has 4 nitrogen and oxygen atoms in total. The number of carbonyl (C=O) groups is 1. The molecular formula is C7H12NO3. The summed E-state index contributed by atoms with van der Waals surface area (Å²) < 4.78 is 4.81. The lowest BCUT2D eigenvalue weighted by Gasteiger charge is -2.35. The highest BCUT2D eigenvalue weighted by molar-refractivity contribution is 5.81. The summed E-state index contributed by atoms with van der Waals surface area (Å²) in [5.41, 5.74) is 0. The van der Waals surface area contributed by atoms with Gasteiger partial charge in [0.25, 0.3) is 5.91 Å². The summed E-state index contributed by atoms with van der Waals surface area (Å²) in [5, 5.41) is 10.6. The number of rotatable bonds is 2. The van der Waals surface area contributed by atoms with E-state index in [0.717, 1.165) is 0 Å². The Bertz CT molecular complexity index is 154. The summed E-state index contributed by atoms with van der Waals surface area (Å²) in [7, 11) is 1.48. The van der Waals surface area contributed by atoms with Gasteiger partial charge in [-0.2, -0.15) is 0 Å². The van der Waals surface area contributed by atoms with Crippen LogP contribution in [0.25, 0.3) is 0 Å². The van der Waals surface area contributed by atoms with Crippen LogP contribution in [0.15, 0.2) is 0 Å². The third-order valence-electron chi connectivity index (χ3n) is 1.86. The molecule has 1 radical (unpaired) electrons. The predicted octanol–water partition coefficient (Wildman–Crippen LogP) is -0.337. The molecule has 63 valence electrons. The number of carbonyl (C=O) groups excluding carboxylic acids is 1. The SMILES string of the molecule is COC(C)C(=O)N1CC([O])C1. The van der Waals surface area contributed by atoms with Crippen LogP contribution in [0.4, 0.5) is 0 Å². The van der Waals surface area contributed by atoms with Gasteiger partial charge in [0.1, 0.15) is 12.2 Å². The van der Waals surface area contributed by atoms with Gasteiger partial charge in [-0.1, -0.05) is 0 Å². The van der Waals surface area contributed by atoms with Crippen LogP contribution < -0.4 is 0 Å². The second kappa shape index (κ2) is 3.19. The molecule has 0 spiro atoms. The maximum absolute atomic E-state index is 11.2. The van der Waals surface area contributed by atoms with Crippen molar-refractivity contribution in [1.29, 1.82) is 0 Å². The highest BCUT2D eigenvalue weighted by Gasteiger charge is 2.32. The molecule has 1 amide bonds. The van der Waals surface area contributed by atoms with Gasteiger partial charge in [-0.25, -0.2) is 5.11 Å². The molecule has 1 fully saturated rings. The number of nitrogens with zero attached hydrogens (tertiary/aromatic N) is 1. The Kier molecular flexibility index (Phi) is 2.46. The van der Waals surface area contributed by atoms with Crippen molar-refractivity contribution >= 4 is 5.91 Å². The first-order valence-electron chi connectivity index (χ1n) is 3.62. The molecule has 1 aliphatic rings. The van der Waals surface area contributed by atoms with Gasteiger partial charge in [0.05, 0.1) is 13.1 Å². The maximum atomic E-state index is 11.2. The second-order valence-corrected chi connectivity index (χ2v) is 2.74. The van der Waals surface area contributed by atoms with Crippen molar-refractivity contribution in [3.8, 4) is 0 Å². The van der Waals surface area contributed by atoms with E-state index in [1.807, 2.05) is 0 Å². The molecule has 1 aliphatic heterocycles. The Morgan fingerprint density at radius 1 is 1.64 bits per heavy atom. The van der Waals surface area contributed by atoms with Crippen LogP contribution >= 0.6 is 0 Å². The second-order valence-electron chi connectivity index (χ2n) is 2.74. The maximum Gasteiger partial charge on any atom is 0.251 e. The minimum Gasteiger partial charge on any atom is -0.372 e. The van der Waals surface area contributed by atoms with E-state index in [0.29, 0.717) is 13.1 Å². The third kappa shape index (κ3) is 1.70. The summed E-state index contributed by atoms with van der Waals surface area (Å²) in [6.07, 6.45) is -0.995. The number of ether oxygens (including phenoxy) is 1. The first-order valence-corrected chi connectivity index (χ1v) is 3.62. The number of amides is 1. The Balaban J connectivity index is 2.31. The smallest absolute Gasteiger partial charge is 0.251 e. The van der Waals surface area contributed by atoms with Gasteiger partial charge in [0, 0.05) is 7.11 Å². The first kappa shape index (κ1) is 8.49. The van der Waals surface area contributed by atoms with E-state index >= 15 is 0 Å². The molecule has 1 unspecified atom stereocenters. The predicted molar refractivity (Wildman–Crippen MR) is 37.5 cm³/mol. The van der Waals surface area contributed by atoms with E-state index in [1.54, 1.807) is 6.92 Å². The molecule has 0 N–H and O–H groups in total. The van der Waals surface area contributed by atoms with E-state index in [2.05, 4.69) is 0 Å². The lowest BCUT2D eigenvalue weighted by molar-refractivity contribution is -0.154. The van der Waals surface area contributed by atoms with E-state index < -0.39 is 12.2 Å². The largest absolute Gasteiger partial charge is 0.372 e. The zero-order valence-electron chi connectivity index (χ0n) is 6.74. The molecule has 0 bridgehead atoms. The summed E-state index contributed by atoms with van der Waals surface area (Å²) in [4.78, 5) is 12.7.